The highest BCUT2D eigenvalue weighted by Crippen LogP contribution is 2.15. The van der Waals surface area contributed by atoms with Crippen LogP contribution in [0.5, 0.6) is 0 Å². The summed E-state index contributed by atoms with van der Waals surface area (Å²) >= 11 is 5.39. The van der Waals surface area contributed by atoms with E-state index in [2.05, 4.69) is 4.98 Å². The molecule has 1 heterocycles. The number of aliphatic carboxylic acids is 1. The number of hydrogen-bond donors (Lipinski definition) is 1. The molecule has 0 aromatic carbocycles. The Balaban J connectivity index is 3.00. The third-order valence-corrected chi connectivity index (χ3v) is 1.52. The van der Waals surface area contributed by atoms with Crippen molar-refractivity contribution in [1.82, 2.24) is 4.98 Å². The summed E-state index contributed by atoms with van der Waals surface area (Å²) in [5, 5.41) is 8.22. The molecule has 0 saturated heterocycles. The Bertz CT molecular complexity index is 316. The van der Waals surface area contributed by atoms with Crippen molar-refractivity contribution in [2.45, 2.75) is 6.42 Å². The van der Waals surface area contributed by atoms with Gasteiger partial charge in [-0.3, -0.25) is 9.78 Å². The second kappa shape index (κ2) is 3.49. The molecule has 0 radical (unpaired) electrons. The summed E-state index contributed by atoms with van der Waals surface area (Å²) in [5.41, 5.74) is -0.144. The maximum atomic E-state index is 12.9. The fourth-order valence-corrected chi connectivity index (χ4v) is 0.892. The van der Waals surface area contributed by atoms with Crippen LogP contribution in [-0.2, 0) is 11.2 Å². The number of aromatic nitrogens is 1. The normalized spacial score (nSPS) is 9.83. The summed E-state index contributed by atoms with van der Waals surface area (Å²) in [6.45, 7) is 0. The predicted octanol–water partition coefficient (Wildman–Crippen LogP) is 1.50. The van der Waals surface area contributed by atoms with E-state index in [1.165, 1.54) is 12.3 Å². The van der Waals surface area contributed by atoms with Gasteiger partial charge in [0.15, 0.2) is 5.82 Å². The number of carboxylic acids is 1. The van der Waals surface area contributed by atoms with Crippen LogP contribution >= 0.6 is 11.6 Å². The zero-order chi connectivity index (χ0) is 9.14. The first-order valence-electron chi connectivity index (χ1n) is 3.12. The standard InChI is InChI=1S/C7H5ClFNO2/c8-4-1-2-10-5(7(4)9)3-6(11)12/h1-2H,3H2,(H,11,12). The van der Waals surface area contributed by atoms with E-state index in [1.807, 2.05) is 0 Å². The van der Waals surface area contributed by atoms with Crippen LogP contribution in [0.4, 0.5) is 4.39 Å². The van der Waals surface area contributed by atoms with Crippen molar-refractivity contribution in [2.75, 3.05) is 0 Å². The molecule has 0 unspecified atom stereocenters. The largest absolute Gasteiger partial charge is 0.481 e. The van der Waals surface area contributed by atoms with E-state index in [1.54, 1.807) is 0 Å². The summed E-state index contributed by atoms with van der Waals surface area (Å²) in [6.07, 6.45) is 0.816. The maximum absolute atomic E-state index is 12.9. The molecule has 0 aliphatic heterocycles. The first-order valence-corrected chi connectivity index (χ1v) is 3.49. The molecule has 12 heavy (non-hydrogen) atoms. The van der Waals surface area contributed by atoms with Crippen molar-refractivity contribution in [3.8, 4) is 0 Å². The van der Waals surface area contributed by atoms with E-state index in [9.17, 15) is 9.18 Å². The molecule has 0 aliphatic rings. The summed E-state index contributed by atoms with van der Waals surface area (Å²) in [5.74, 6) is -1.90. The Kier molecular flexibility index (Phi) is 2.60. The second-order valence-electron chi connectivity index (χ2n) is 2.12. The maximum Gasteiger partial charge on any atom is 0.309 e. The van der Waals surface area contributed by atoms with Crippen LogP contribution in [0.15, 0.2) is 12.3 Å². The average Bonchev–Trinajstić information content (AvgIpc) is 1.98. The minimum Gasteiger partial charge on any atom is -0.481 e. The Hall–Kier alpha value is -1.16. The van der Waals surface area contributed by atoms with Crippen molar-refractivity contribution in [1.29, 1.82) is 0 Å². The second-order valence-corrected chi connectivity index (χ2v) is 2.53. The zero-order valence-corrected chi connectivity index (χ0v) is 6.68. The number of carboxylic acid groups (broad SMARTS) is 1. The topological polar surface area (TPSA) is 50.2 Å². The van der Waals surface area contributed by atoms with Crippen LogP contribution < -0.4 is 0 Å². The van der Waals surface area contributed by atoms with Gasteiger partial charge in [0.1, 0.15) is 0 Å². The molecule has 64 valence electrons. The van der Waals surface area contributed by atoms with Gasteiger partial charge in [-0.15, -0.1) is 0 Å². The van der Waals surface area contributed by atoms with Gasteiger partial charge in [0.25, 0.3) is 0 Å². The Morgan fingerprint density at radius 2 is 2.42 bits per heavy atom. The monoisotopic (exact) mass is 189 g/mol. The Labute approximate surface area is 72.8 Å². The number of hydrogen-bond acceptors (Lipinski definition) is 2. The lowest BCUT2D eigenvalue weighted by Crippen LogP contribution is -2.04. The van der Waals surface area contributed by atoms with Crippen LogP contribution in [0.2, 0.25) is 5.02 Å². The molecule has 1 N–H and O–H groups in total. The van der Waals surface area contributed by atoms with E-state index in [4.69, 9.17) is 16.7 Å². The van der Waals surface area contributed by atoms with E-state index in [0.717, 1.165) is 0 Å². The summed E-state index contributed by atoms with van der Waals surface area (Å²) in [4.78, 5) is 13.7. The molecule has 0 saturated carbocycles. The van der Waals surface area contributed by atoms with Crippen molar-refractivity contribution in [2.24, 2.45) is 0 Å². The lowest BCUT2D eigenvalue weighted by Gasteiger charge is -1.98. The van der Waals surface area contributed by atoms with Gasteiger partial charge in [0.05, 0.1) is 17.1 Å². The van der Waals surface area contributed by atoms with Crippen molar-refractivity contribution < 1.29 is 14.3 Å². The number of pyridine rings is 1. The third-order valence-electron chi connectivity index (χ3n) is 1.23. The molecule has 0 bridgehead atoms. The smallest absolute Gasteiger partial charge is 0.309 e. The molecule has 5 heteroatoms. The first kappa shape index (κ1) is 8.93. The number of halogens is 2. The molecular weight excluding hydrogens is 185 g/mol. The fraction of sp³-hybridized carbons (Fsp3) is 0.143. The van der Waals surface area contributed by atoms with Gasteiger partial charge in [-0.1, -0.05) is 11.6 Å². The number of nitrogens with zero attached hydrogens (tertiary/aromatic N) is 1. The van der Waals surface area contributed by atoms with Crippen LogP contribution in [0.3, 0.4) is 0 Å². The van der Waals surface area contributed by atoms with Gasteiger partial charge in [-0.05, 0) is 6.07 Å². The molecule has 1 aromatic heterocycles. The van der Waals surface area contributed by atoms with Gasteiger partial charge in [-0.2, -0.15) is 0 Å². The van der Waals surface area contributed by atoms with E-state index in [-0.39, 0.29) is 10.7 Å². The molecule has 0 spiro atoms. The molecule has 1 aromatic rings. The summed E-state index contributed by atoms with van der Waals surface area (Å²) in [6, 6.07) is 1.27. The van der Waals surface area contributed by atoms with Gasteiger partial charge in [0.2, 0.25) is 0 Å². The van der Waals surface area contributed by atoms with Crippen molar-refractivity contribution in [3.63, 3.8) is 0 Å². The lowest BCUT2D eigenvalue weighted by molar-refractivity contribution is -0.136. The van der Waals surface area contributed by atoms with Gasteiger partial charge in [-0.25, -0.2) is 4.39 Å². The average molecular weight is 190 g/mol. The number of carbonyl (C=O) groups is 1. The van der Waals surface area contributed by atoms with Crippen LogP contribution in [0.25, 0.3) is 0 Å². The minimum atomic E-state index is -1.14. The molecule has 0 fully saturated rings. The molecule has 0 amide bonds. The predicted molar refractivity (Wildman–Crippen MR) is 40.5 cm³/mol. The molecule has 1 rings (SSSR count). The molecule has 0 atom stereocenters. The van der Waals surface area contributed by atoms with Crippen LogP contribution in [0, 0.1) is 5.82 Å². The first-order chi connectivity index (χ1) is 5.61. The fourth-order valence-electron chi connectivity index (χ4n) is 0.727. The lowest BCUT2D eigenvalue weighted by atomic mass is 10.2. The zero-order valence-electron chi connectivity index (χ0n) is 5.92. The van der Waals surface area contributed by atoms with Crippen molar-refractivity contribution >= 4 is 17.6 Å². The summed E-state index contributed by atoms with van der Waals surface area (Å²) in [7, 11) is 0. The van der Waals surface area contributed by atoms with Crippen molar-refractivity contribution in [3.05, 3.63) is 28.8 Å². The van der Waals surface area contributed by atoms with Gasteiger partial charge in [0, 0.05) is 6.20 Å². The Morgan fingerprint density at radius 1 is 1.75 bits per heavy atom. The quantitative estimate of drug-likeness (QED) is 0.767. The molecular formula is C7H5ClFNO2. The molecule has 0 aliphatic carbocycles. The van der Waals surface area contributed by atoms with E-state index < -0.39 is 18.2 Å². The highest BCUT2D eigenvalue weighted by atomic mass is 35.5. The highest BCUT2D eigenvalue weighted by molar-refractivity contribution is 6.30. The minimum absolute atomic E-state index is 0.110. The van der Waals surface area contributed by atoms with Crippen LogP contribution in [0.1, 0.15) is 5.69 Å². The van der Waals surface area contributed by atoms with Gasteiger partial charge < -0.3 is 5.11 Å². The van der Waals surface area contributed by atoms with Gasteiger partial charge >= 0.3 is 5.97 Å². The highest BCUT2D eigenvalue weighted by Gasteiger charge is 2.10. The SMILES string of the molecule is O=C(O)Cc1nccc(Cl)c1F. The Morgan fingerprint density at radius 3 is 3.00 bits per heavy atom. The van der Waals surface area contributed by atoms with E-state index in [0.29, 0.717) is 0 Å². The molecule has 3 nitrogen and oxygen atoms in total. The third kappa shape index (κ3) is 1.92. The van der Waals surface area contributed by atoms with Crippen LogP contribution in [-0.4, -0.2) is 16.1 Å². The summed E-state index contributed by atoms with van der Waals surface area (Å²) < 4.78 is 12.9. The van der Waals surface area contributed by atoms with E-state index >= 15 is 0 Å². The number of rotatable bonds is 2.